The van der Waals surface area contributed by atoms with Crippen LogP contribution in [0.4, 0.5) is 0 Å². The third-order valence-electron chi connectivity index (χ3n) is 2.76. The zero-order chi connectivity index (χ0) is 16.7. The lowest BCUT2D eigenvalue weighted by Gasteiger charge is -2.05. The van der Waals surface area contributed by atoms with Crippen LogP contribution in [0.5, 0.6) is 5.75 Å². The van der Waals surface area contributed by atoms with Crippen LogP contribution in [0.2, 0.25) is 0 Å². The first kappa shape index (κ1) is 16.4. The molecular weight excluding hydrogens is 304 g/mol. The highest BCUT2D eigenvalue weighted by Crippen LogP contribution is 2.15. The van der Waals surface area contributed by atoms with Crippen LogP contribution < -0.4 is 15.8 Å². The van der Waals surface area contributed by atoms with E-state index in [-0.39, 0.29) is 31.5 Å². The van der Waals surface area contributed by atoms with Crippen molar-refractivity contribution in [3.05, 3.63) is 41.5 Å². The summed E-state index contributed by atoms with van der Waals surface area (Å²) in [5.41, 5.74) is 5.54. The van der Waals surface area contributed by atoms with Crippen molar-refractivity contribution >= 4 is 11.9 Å². The maximum Gasteiger partial charge on any atom is 0.337 e. The zero-order valence-corrected chi connectivity index (χ0v) is 12.4. The van der Waals surface area contributed by atoms with E-state index in [1.54, 1.807) is 24.3 Å². The standard InChI is InChI=1S/C14H16N4O5/c1-21-14(20)9-3-2-4-10(5-9)22-8-11-17-13(23-18-11)7-16-12(19)6-15/h2-5H,6-8,15H2,1H3,(H,16,19). The van der Waals surface area contributed by atoms with Crippen LogP contribution in [0.25, 0.3) is 0 Å². The minimum atomic E-state index is -0.451. The number of nitrogens with one attached hydrogen (secondary N) is 1. The van der Waals surface area contributed by atoms with Crippen LogP contribution in [-0.4, -0.2) is 35.7 Å². The second kappa shape index (κ2) is 7.90. The summed E-state index contributed by atoms with van der Waals surface area (Å²) in [6.07, 6.45) is 0. The van der Waals surface area contributed by atoms with Gasteiger partial charge in [0.25, 0.3) is 0 Å². The molecule has 1 aromatic heterocycles. The number of amides is 1. The summed E-state index contributed by atoms with van der Waals surface area (Å²) >= 11 is 0. The summed E-state index contributed by atoms with van der Waals surface area (Å²) in [5.74, 6) is 0.253. The van der Waals surface area contributed by atoms with E-state index in [9.17, 15) is 9.59 Å². The third-order valence-corrected chi connectivity index (χ3v) is 2.76. The fraction of sp³-hybridized carbons (Fsp3) is 0.286. The topological polar surface area (TPSA) is 130 Å². The highest BCUT2D eigenvalue weighted by molar-refractivity contribution is 5.89. The monoisotopic (exact) mass is 320 g/mol. The highest BCUT2D eigenvalue weighted by atomic mass is 16.5. The first-order chi connectivity index (χ1) is 11.1. The van der Waals surface area contributed by atoms with Gasteiger partial charge in [-0.15, -0.1) is 0 Å². The van der Waals surface area contributed by atoms with Gasteiger partial charge in [0.15, 0.2) is 6.61 Å². The van der Waals surface area contributed by atoms with Gasteiger partial charge in [-0.2, -0.15) is 4.98 Å². The van der Waals surface area contributed by atoms with Crippen molar-refractivity contribution in [3.63, 3.8) is 0 Å². The number of methoxy groups -OCH3 is 1. The Bertz CT molecular complexity index is 685. The molecule has 2 aromatic rings. The second-order valence-corrected chi connectivity index (χ2v) is 4.39. The lowest BCUT2D eigenvalue weighted by molar-refractivity contribution is -0.120. The van der Waals surface area contributed by atoms with Crippen molar-refractivity contribution in [2.75, 3.05) is 13.7 Å². The minimum Gasteiger partial charge on any atom is -0.485 e. The predicted molar refractivity (Wildman–Crippen MR) is 77.3 cm³/mol. The Morgan fingerprint density at radius 2 is 2.22 bits per heavy atom. The van der Waals surface area contributed by atoms with Gasteiger partial charge in [0.2, 0.25) is 17.6 Å². The fourth-order valence-electron chi connectivity index (χ4n) is 1.65. The van der Waals surface area contributed by atoms with Crippen molar-refractivity contribution in [2.45, 2.75) is 13.2 Å². The Labute approximate surface area is 131 Å². The molecule has 1 aromatic carbocycles. The molecule has 0 radical (unpaired) electrons. The molecule has 0 saturated heterocycles. The van der Waals surface area contributed by atoms with Gasteiger partial charge < -0.3 is 25.0 Å². The first-order valence-corrected chi connectivity index (χ1v) is 6.71. The molecule has 1 heterocycles. The van der Waals surface area contributed by atoms with E-state index in [0.717, 1.165) is 0 Å². The summed E-state index contributed by atoms with van der Waals surface area (Å²) in [4.78, 5) is 26.5. The number of esters is 1. The lowest BCUT2D eigenvalue weighted by atomic mass is 10.2. The van der Waals surface area contributed by atoms with Gasteiger partial charge in [0.1, 0.15) is 5.75 Å². The molecular formula is C14H16N4O5. The van der Waals surface area contributed by atoms with Gasteiger partial charge >= 0.3 is 5.97 Å². The van der Waals surface area contributed by atoms with Crippen molar-refractivity contribution in [2.24, 2.45) is 5.73 Å². The molecule has 122 valence electrons. The number of hydrogen-bond acceptors (Lipinski definition) is 8. The molecule has 0 spiro atoms. The Morgan fingerprint density at radius 1 is 1.39 bits per heavy atom. The molecule has 0 aliphatic heterocycles. The SMILES string of the molecule is COC(=O)c1cccc(OCc2noc(CNC(=O)CN)n2)c1. The van der Waals surface area contributed by atoms with E-state index in [1.807, 2.05) is 0 Å². The summed E-state index contributed by atoms with van der Waals surface area (Å²) in [6, 6.07) is 6.53. The zero-order valence-electron chi connectivity index (χ0n) is 12.4. The molecule has 2 rings (SSSR count). The van der Waals surface area contributed by atoms with Crippen LogP contribution in [-0.2, 0) is 22.7 Å². The van der Waals surface area contributed by atoms with E-state index in [2.05, 4.69) is 20.2 Å². The summed E-state index contributed by atoms with van der Waals surface area (Å²) < 4.78 is 15.1. The molecule has 0 unspecified atom stereocenters. The normalized spacial score (nSPS) is 10.2. The van der Waals surface area contributed by atoms with E-state index < -0.39 is 5.97 Å². The van der Waals surface area contributed by atoms with Gasteiger partial charge in [-0.1, -0.05) is 11.2 Å². The van der Waals surface area contributed by atoms with Crippen molar-refractivity contribution < 1.29 is 23.6 Å². The average Bonchev–Trinajstić information content (AvgIpc) is 3.05. The summed E-state index contributed by atoms with van der Waals surface area (Å²) in [5, 5.41) is 6.23. The number of ether oxygens (including phenoxy) is 2. The fourth-order valence-corrected chi connectivity index (χ4v) is 1.65. The van der Waals surface area contributed by atoms with Crippen LogP contribution >= 0.6 is 0 Å². The highest BCUT2D eigenvalue weighted by Gasteiger charge is 2.10. The predicted octanol–water partition coefficient (Wildman–Crippen LogP) is 0.0101. The number of rotatable bonds is 7. The molecule has 0 saturated carbocycles. The van der Waals surface area contributed by atoms with Gasteiger partial charge in [-0.05, 0) is 18.2 Å². The summed E-state index contributed by atoms with van der Waals surface area (Å²) in [6.45, 7) is 0.0421. The average molecular weight is 320 g/mol. The van der Waals surface area contributed by atoms with Gasteiger partial charge in [0, 0.05) is 0 Å². The molecule has 0 bridgehead atoms. The Kier molecular flexibility index (Phi) is 5.64. The Hall–Kier alpha value is -2.94. The number of carbonyl (C=O) groups excluding carboxylic acids is 2. The first-order valence-electron chi connectivity index (χ1n) is 6.71. The van der Waals surface area contributed by atoms with Crippen molar-refractivity contribution in [1.29, 1.82) is 0 Å². The molecule has 0 atom stereocenters. The summed E-state index contributed by atoms with van der Waals surface area (Å²) in [7, 11) is 1.31. The van der Waals surface area contributed by atoms with Crippen molar-refractivity contribution in [1.82, 2.24) is 15.5 Å². The minimum absolute atomic E-state index is 0.0545. The molecule has 9 heteroatoms. The van der Waals surface area contributed by atoms with Crippen LogP contribution in [0.15, 0.2) is 28.8 Å². The molecule has 1 amide bonds. The molecule has 0 aliphatic carbocycles. The second-order valence-electron chi connectivity index (χ2n) is 4.39. The largest absolute Gasteiger partial charge is 0.485 e. The molecule has 9 nitrogen and oxygen atoms in total. The van der Waals surface area contributed by atoms with E-state index in [1.165, 1.54) is 7.11 Å². The number of nitrogens with zero attached hydrogens (tertiary/aromatic N) is 2. The molecule has 23 heavy (non-hydrogen) atoms. The van der Waals surface area contributed by atoms with E-state index in [0.29, 0.717) is 17.1 Å². The van der Waals surface area contributed by atoms with Crippen LogP contribution in [0.1, 0.15) is 22.1 Å². The molecule has 0 fully saturated rings. The van der Waals surface area contributed by atoms with Crippen molar-refractivity contribution in [3.8, 4) is 5.75 Å². The molecule has 3 N–H and O–H groups in total. The maximum atomic E-state index is 11.4. The Morgan fingerprint density at radius 3 is 2.96 bits per heavy atom. The number of nitrogens with two attached hydrogens (primary N) is 1. The number of aromatic nitrogens is 2. The van der Waals surface area contributed by atoms with Gasteiger partial charge in [-0.3, -0.25) is 4.79 Å². The number of carbonyl (C=O) groups is 2. The Balaban J connectivity index is 1.90. The maximum absolute atomic E-state index is 11.4. The van der Waals surface area contributed by atoms with E-state index >= 15 is 0 Å². The van der Waals surface area contributed by atoms with Gasteiger partial charge in [-0.25, -0.2) is 4.79 Å². The molecule has 0 aliphatic rings. The number of benzene rings is 1. The van der Waals surface area contributed by atoms with Gasteiger partial charge in [0.05, 0.1) is 25.8 Å². The van der Waals surface area contributed by atoms with Crippen LogP contribution in [0, 0.1) is 0 Å². The third kappa shape index (κ3) is 4.78. The van der Waals surface area contributed by atoms with Crippen LogP contribution in [0.3, 0.4) is 0 Å². The number of hydrogen-bond donors (Lipinski definition) is 2. The van der Waals surface area contributed by atoms with E-state index in [4.69, 9.17) is 15.0 Å². The lowest BCUT2D eigenvalue weighted by Crippen LogP contribution is -2.29. The quantitative estimate of drug-likeness (QED) is 0.682. The smallest absolute Gasteiger partial charge is 0.337 e.